The second-order valence-electron chi connectivity index (χ2n) is 4.71. The lowest BCUT2D eigenvalue weighted by Gasteiger charge is -2.16. The minimum absolute atomic E-state index is 0.0709. The van der Waals surface area contributed by atoms with Gasteiger partial charge < -0.3 is 5.11 Å². The Morgan fingerprint density at radius 3 is 2.10 bits per heavy atom. The van der Waals surface area contributed by atoms with Crippen LogP contribution in [0.15, 0.2) is 24.3 Å². The predicted molar refractivity (Wildman–Crippen MR) is 78.4 cm³/mol. The molecule has 0 aromatic heterocycles. The van der Waals surface area contributed by atoms with E-state index in [1.165, 1.54) is 31.3 Å². The summed E-state index contributed by atoms with van der Waals surface area (Å²) in [5, 5.41) is 8.76. The molecule has 0 saturated carbocycles. The first-order valence-corrected chi connectivity index (χ1v) is 9.62. The monoisotopic (exact) mass is 335 g/mol. The summed E-state index contributed by atoms with van der Waals surface area (Å²) < 4.78 is 47.2. The Hall–Kier alpha value is -1.45. The zero-order valence-electron chi connectivity index (χ0n) is 11.7. The van der Waals surface area contributed by atoms with E-state index in [-0.39, 0.29) is 23.6 Å². The Kier molecular flexibility index (Phi) is 5.48. The molecule has 0 saturated heterocycles. The van der Waals surface area contributed by atoms with E-state index in [1.54, 1.807) is 0 Å². The highest BCUT2D eigenvalue weighted by molar-refractivity contribution is 7.90. The number of carbonyl (C=O) groups is 1. The Bertz CT molecular complexity index is 707. The number of benzene rings is 1. The van der Waals surface area contributed by atoms with Crippen LogP contribution in [0.5, 0.6) is 0 Å². The fourth-order valence-electron chi connectivity index (χ4n) is 1.50. The van der Waals surface area contributed by atoms with Gasteiger partial charge >= 0.3 is 5.97 Å². The lowest BCUT2D eigenvalue weighted by Crippen LogP contribution is -2.32. The van der Waals surface area contributed by atoms with Gasteiger partial charge in [0.25, 0.3) is 0 Å². The largest absolute Gasteiger partial charge is 0.478 e. The predicted octanol–water partition coefficient (Wildman–Crippen LogP) is 0.191. The number of rotatable bonds is 7. The van der Waals surface area contributed by atoms with Gasteiger partial charge in [-0.05, 0) is 17.7 Å². The first kappa shape index (κ1) is 17.6. The van der Waals surface area contributed by atoms with Crippen molar-refractivity contribution >= 4 is 25.8 Å². The molecule has 0 atom stereocenters. The third-order valence-electron chi connectivity index (χ3n) is 2.80. The molecule has 0 aliphatic heterocycles. The van der Waals surface area contributed by atoms with Gasteiger partial charge in [0.1, 0.15) is 9.84 Å². The van der Waals surface area contributed by atoms with E-state index in [2.05, 4.69) is 0 Å². The molecule has 1 rings (SSSR count). The highest BCUT2D eigenvalue weighted by Crippen LogP contribution is 2.11. The van der Waals surface area contributed by atoms with Crippen molar-refractivity contribution in [2.45, 2.75) is 5.75 Å². The number of hydrogen-bond acceptors (Lipinski definition) is 5. The van der Waals surface area contributed by atoms with Crippen molar-refractivity contribution in [2.24, 2.45) is 0 Å². The molecule has 0 radical (unpaired) electrons. The number of sulfonamides is 1. The third-order valence-corrected chi connectivity index (χ3v) is 5.56. The van der Waals surface area contributed by atoms with Gasteiger partial charge in [0.15, 0.2) is 0 Å². The fourth-order valence-corrected chi connectivity index (χ4v) is 3.42. The maximum atomic E-state index is 12.1. The molecule has 1 N–H and O–H groups in total. The van der Waals surface area contributed by atoms with Gasteiger partial charge in [-0.2, -0.15) is 0 Å². The number of nitrogens with zero attached hydrogens (tertiary/aromatic N) is 1. The van der Waals surface area contributed by atoms with Gasteiger partial charge in [0, 0.05) is 19.8 Å². The van der Waals surface area contributed by atoms with Crippen molar-refractivity contribution in [1.82, 2.24) is 4.31 Å². The summed E-state index contributed by atoms with van der Waals surface area (Å²) >= 11 is 0. The van der Waals surface area contributed by atoms with Crippen LogP contribution in [-0.2, 0) is 25.6 Å². The number of hydrogen-bond donors (Lipinski definition) is 1. The molecule has 0 spiro atoms. The molecule has 118 valence electrons. The fraction of sp³-hybridized carbons (Fsp3) is 0.417. The molecule has 0 aliphatic carbocycles. The van der Waals surface area contributed by atoms with E-state index in [0.29, 0.717) is 5.56 Å². The lowest BCUT2D eigenvalue weighted by atomic mass is 10.1. The molecular formula is C12H17NO6S2. The van der Waals surface area contributed by atoms with Crippen molar-refractivity contribution in [1.29, 1.82) is 0 Å². The maximum Gasteiger partial charge on any atom is 0.335 e. The summed E-state index contributed by atoms with van der Waals surface area (Å²) in [6.07, 6.45) is 1.04. The highest BCUT2D eigenvalue weighted by atomic mass is 32.2. The zero-order valence-corrected chi connectivity index (χ0v) is 13.3. The maximum absolute atomic E-state index is 12.1. The van der Waals surface area contributed by atoms with E-state index >= 15 is 0 Å². The average Bonchev–Trinajstić information content (AvgIpc) is 2.35. The molecule has 0 fully saturated rings. The van der Waals surface area contributed by atoms with E-state index in [4.69, 9.17) is 5.11 Å². The summed E-state index contributed by atoms with van der Waals surface area (Å²) in [4.78, 5) is 10.7. The lowest BCUT2D eigenvalue weighted by molar-refractivity contribution is 0.0697. The van der Waals surface area contributed by atoms with Crippen molar-refractivity contribution in [3.63, 3.8) is 0 Å². The van der Waals surface area contributed by atoms with Crippen LogP contribution in [0.25, 0.3) is 0 Å². The molecule has 1 aromatic rings. The summed E-state index contributed by atoms with van der Waals surface area (Å²) in [6.45, 7) is -0.117. The second kappa shape index (κ2) is 6.54. The summed E-state index contributed by atoms with van der Waals surface area (Å²) in [5.41, 5.74) is 0.507. The Morgan fingerprint density at radius 1 is 1.14 bits per heavy atom. The van der Waals surface area contributed by atoms with Gasteiger partial charge in [-0.15, -0.1) is 0 Å². The standard InChI is InChI=1S/C12H17NO6S2/c1-13(7-8-20(2,16)17)21(18,19)9-10-3-5-11(6-4-10)12(14)15/h3-6H,7-9H2,1-2H3,(H,14,15). The summed E-state index contributed by atoms with van der Waals surface area (Å²) in [7, 11) is -5.57. The van der Waals surface area contributed by atoms with Gasteiger partial charge in [-0.3, -0.25) is 0 Å². The molecule has 21 heavy (non-hydrogen) atoms. The molecule has 9 heteroatoms. The molecular weight excluding hydrogens is 318 g/mol. The Morgan fingerprint density at radius 2 is 1.67 bits per heavy atom. The Balaban J connectivity index is 2.77. The highest BCUT2D eigenvalue weighted by Gasteiger charge is 2.20. The normalized spacial score (nSPS) is 12.5. The van der Waals surface area contributed by atoms with E-state index < -0.39 is 25.8 Å². The van der Waals surface area contributed by atoms with Crippen LogP contribution < -0.4 is 0 Å². The minimum atomic E-state index is -3.65. The molecule has 0 bridgehead atoms. The van der Waals surface area contributed by atoms with Gasteiger partial charge in [-0.1, -0.05) is 12.1 Å². The number of carboxylic acid groups (broad SMARTS) is 1. The van der Waals surface area contributed by atoms with Crippen molar-refractivity contribution < 1.29 is 26.7 Å². The first-order valence-electron chi connectivity index (χ1n) is 5.95. The van der Waals surface area contributed by atoms with Crippen LogP contribution in [0.1, 0.15) is 15.9 Å². The third kappa shape index (κ3) is 5.82. The van der Waals surface area contributed by atoms with Gasteiger partial charge in [-0.25, -0.2) is 25.9 Å². The van der Waals surface area contributed by atoms with Crippen LogP contribution in [0.4, 0.5) is 0 Å². The average molecular weight is 335 g/mol. The van der Waals surface area contributed by atoms with Crippen molar-refractivity contribution in [2.75, 3.05) is 25.6 Å². The smallest absolute Gasteiger partial charge is 0.335 e. The molecule has 0 aliphatic rings. The van der Waals surface area contributed by atoms with Crippen molar-refractivity contribution in [3.05, 3.63) is 35.4 Å². The molecule has 7 nitrogen and oxygen atoms in total. The van der Waals surface area contributed by atoms with Gasteiger partial charge in [0.05, 0.1) is 17.1 Å². The number of sulfone groups is 1. The second-order valence-corrected chi connectivity index (χ2v) is 9.05. The SMILES string of the molecule is CN(CCS(C)(=O)=O)S(=O)(=O)Cc1ccc(C(=O)O)cc1. The molecule has 0 heterocycles. The van der Waals surface area contributed by atoms with Crippen LogP contribution in [0, 0.1) is 0 Å². The summed E-state index contributed by atoms with van der Waals surface area (Å²) in [5.74, 6) is -1.65. The quantitative estimate of drug-likeness (QED) is 0.762. The van der Waals surface area contributed by atoms with Crippen molar-refractivity contribution in [3.8, 4) is 0 Å². The van der Waals surface area contributed by atoms with Crippen LogP contribution in [0.2, 0.25) is 0 Å². The van der Waals surface area contributed by atoms with Crippen LogP contribution in [0.3, 0.4) is 0 Å². The molecule has 0 amide bonds. The first-order chi connectivity index (χ1) is 9.51. The number of aromatic carboxylic acids is 1. The van der Waals surface area contributed by atoms with E-state index in [0.717, 1.165) is 10.6 Å². The van der Waals surface area contributed by atoms with Crippen LogP contribution >= 0.6 is 0 Å². The number of carboxylic acids is 1. The molecule has 0 unspecified atom stereocenters. The Labute approximate surface area is 124 Å². The van der Waals surface area contributed by atoms with Gasteiger partial charge in [0.2, 0.25) is 10.0 Å². The van der Waals surface area contributed by atoms with E-state index in [1.807, 2.05) is 0 Å². The minimum Gasteiger partial charge on any atom is -0.478 e. The topological polar surface area (TPSA) is 109 Å². The molecule has 1 aromatic carbocycles. The van der Waals surface area contributed by atoms with E-state index in [9.17, 15) is 21.6 Å². The zero-order chi connectivity index (χ0) is 16.3. The van der Waals surface area contributed by atoms with Crippen LogP contribution in [-0.4, -0.2) is 57.8 Å². The summed E-state index contributed by atoms with van der Waals surface area (Å²) in [6, 6.07) is 5.49.